The van der Waals surface area contributed by atoms with Crippen molar-refractivity contribution in [2.24, 2.45) is 0 Å². The minimum absolute atomic E-state index is 0.0215. The van der Waals surface area contributed by atoms with E-state index in [1.807, 2.05) is 55.5 Å². The molecule has 0 spiro atoms. The number of aryl methyl sites for hydroxylation is 1. The number of benzene rings is 2. The Morgan fingerprint density at radius 3 is 2.27 bits per heavy atom. The van der Waals surface area contributed by atoms with Crippen molar-refractivity contribution in [1.82, 2.24) is 0 Å². The zero-order chi connectivity index (χ0) is 15.5. The maximum atomic E-state index is 11.7. The zero-order valence-corrected chi connectivity index (χ0v) is 12.5. The Morgan fingerprint density at radius 1 is 0.909 bits per heavy atom. The van der Waals surface area contributed by atoms with Crippen molar-refractivity contribution in [1.29, 1.82) is 0 Å². The molecule has 1 saturated carbocycles. The van der Waals surface area contributed by atoms with E-state index >= 15 is 0 Å². The highest BCUT2D eigenvalue weighted by Gasteiger charge is 2.27. The molecule has 0 radical (unpaired) electrons. The molecule has 3 nitrogen and oxygen atoms in total. The van der Waals surface area contributed by atoms with Gasteiger partial charge in [0.25, 0.3) is 0 Å². The van der Waals surface area contributed by atoms with Gasteiger partial charge in [0.1, 0.15) is 23.1 Å². The predicted octanol–water partition coefficient (Wildman–Crippen LogP) is 4.19. The van der Waals surface area contributed by atoms with E-state index in [1.54, 1.807) is 0 Å². The van der Waals surface area contributed by atoms with E-state index in [0.29, 0.717) is 12.8 Å². The number of ketones is 2. The molecule has 1 aliphatic carbocycles. The van der Waals surface area contributed by atoms with Crippen LogP contribution in [0.2, 0.25) is 0 Å². The van der Waals surface area contributed by atoms with E-state index in [0.717, 1.165) is 22.6 Å². The molecule has 0 amide bonds. The Morgan fingerprint density at radius 2 is 1.59 bits per heavy atom. The molecular formula is C19H18O3. The molecule has 0 saturated heterocycles. The Bertz CT molecular complexity index is 688. The van der Waals surface area contributed by atoms with Gasteiger partial charge < -0.3 is 4.74 Å². The van der Waals surface area contributed by atoms with Gasteiger partial charge in [-0.2, -0.15) is 0 Å². The summed E-state index contributed by atoms with van der Waals surface area (Å²) in [5.74, 6) is 1.56. The van der Waals surface area contributed by atoms with Crippen molar-refractivity contribution in [2.45, 2.75) is 32.1 Å². The van der Waals surface area contributed by atoms with Gasteiger partial charge in [0.15, 0.2) is 0 Å². The Hall–Kier alpha value is -2.42. The van der Waals surface area contributed by atoms with Gasteiger partial charge in [0.05, 0.1) is 6.42 Å². The second-order valence-corrected chi connectivity index (χ2v) is 5.85. The number of carbonyl (C=O) groups is 2. The lowest BCUT2D eigenvalue weighted by molar-refractivity contribution is -0.130. The van der Waals surface area contributed by atoms with Crippen molar-refractivity contribution in [3.63, 3.8) is 0 Å². The van der Waals surface area contributed by atoms with Crippen LogP contribution < -0.4 is 4.74 Å². The van der Waals surface area contributed by atoms with Crippen LogP contribution in [0.25, 0.3) is 0 Å². The molecule has 3 rings (SSSR count). The molecule has 22 heavy (non-hydrogen) atoms. The van der Waals surface area contributed by atoms with Gasteiger partial charge in [-0.3, -0.25) is 9.59 Å². The lowest BCUT2D eigenvalue weighted by atomic mass is 9.82. The van der Waals surface area contributed by atoms with Crippen LogP contribution in [0.1, 0.15) is 36.3 Å². The molecule has 3 heteroatoms. The number of hydrogen-bond acceptors (Lipinski definition) is 3. The molecule has 0 atom stereocenters. The Labute approximate surface area is 129 Å². The molecule has 1 aliphatic rings. The second kappa shape index (κ2) is 6.14. The number of ether oxygens (including phenoxy) is 1. The molecule has 112 valence electrons. The molecule has 0 aliphatic heterocycles. The summed E-state index contributed by atoms with van der Waals surface area (Å²) in [5, 5.41) is 0. The molecular weight excluding hydrogens is 276 g/mol. The molecule has 0 aromatic heterocycles. The van der Waals surface area contributed by atoms with Crippen molar-refractivity contribution < 1.29 is 14.3 Å². The van der Waals surface area contributed by atoms with Crippen LogP contribution in [0, 0.1) is 6.92 Å². The number of carbonyl (C=O) groups excluding carboxylic acids is 2. The van der Waals surface area contributed by atoms with Crippen molar-refractivity contribution >= 4 is 11.6 Å². The number of para-hydroxylation sites is 1. The van der Waals surface area contributed by atoms with Crippen molar-refractivity contribution in [3.8, 4) is 11.5 Å². The summed E-state index contributed by atoms with van der Waals surface area (Å²) in [6.07, 6.45) is 0.982. The first-order valence-electron chi connectivity index (χ1n) is 7.48. The van der Waals surface area contributed by atoms with Crippen LogP contribution in [-0.4, -0.2) is 11.6 Å². The highest BCUT2D eigenvalue weighted by atomic mass is 16.5. The summed E-state index contributed by atoms with van der Waals surface area (Å²) in [6, 6.07) is 15.5. The van der Waals surface area contributed by atoms with Crippen LogP contribution in [0.3, 0.4) is 0 Å². The number of hydrogen-bond donors (Lipinski definition) is 0. The summed E-state index contributed by atoms with van der Waals surface area (Å²) in [6.45, 7) is 1.99. The van der Waals surface area contributed by atoms with E-state index in [1.165, 1.54) is 0 Å². The lowest BCUT2D eigenvalue weighted by Gasteiger charge is -2.21. The fourth-order valence-electron chi connectivity index (χ4n) is 2.92. The van der Waals surface area contributed by atoms with Crippen LogP contribution >= 0.6 is 0 Å². The predicted molar refractivity (Wildman–Crippen MR) is 84.3 cm³/mol. The molecule has 0 heterocycles. The Balaban J connectivity index is 1.86. The van der Waals surface area contributed by atoms with Crippen LogP contribution in [0.4, 0.5) is 0 Å². The first-order valence-corrected chi connectivity index (χ1v) is 7.48. The first-order chi connectivity index (χ1) is 10.6. The summed E-state index contributed by atoms with van der Waals surface area (Å²) >= 11 is 0. The zero-order valence-electron chi connectivity index (χ0n) is 12.5. The summed E-state index contributed by atoms with van der Waals surface area (Å²) < 4.78 is 5.87. The van der Waals surface area contributed by atoms with Crippen LogP contribution in [-0.2, 0) is 9.59 Å². The fraction of sp³-hybridized carbons (Fsp3) is 0.263. The molecule has 1 fully saturated rings. The maximum Gasteiger partial charge on any atom is 0.140 e. The third-order valence-corrected chi connectivity index (χ3v) is 3.87. The standard InChI is InChI=1S/C19H18O3/c1-13-7-14(15-9-16(20)12-17(21)10-15)11-19(8-13)22-18-5-3-2-4-6-18/h2-8,11,15H,9-10,12H2,1H3. The average molecular weight is 294 g/mol. The first kappa shape index (κ1) is 14.5. The monoisotopic (exact) mass is 294 g/mol. The highest BCUT2D eigenvalue weighted by Crippen LogP contribution is 2.33. The van der Waals surface area contributed by atoms with Gasteiger partial charge in [-0.1, -0.05) is 24.3 Å². The quantitative estimate of drug-likeness (QED) is 0.797. The van der Waals surface area contributed by atoms with Crippen LogP contribution in [0.5, 0.6) is 11.5 Å². The molecule has 0 bridgehead atoms. The van der Waals surface area contributed by atoms with Gasteiger partial charge in [0.2, 0.25) is 0 Å². The van der Waals surface area contributed by atoms with E-state index < -0.39 is 0 Å². The lowest BCUT2D eigenvalue weighted by Crippen LogP contribution is -2.21. The maximum absolute atomic E-state index is 11.7. The van der Waals surface area contributed by atoms with Gasteiger partial charge in [-0.15, -0.1) is 0 Å². The van der Waals surface area contributed by atoms with E-state index in [4.69, 9.17) is 4.74 Å². The van der Waals surface area contributed by atoms with Crippen molar-refractivity contribution in [2.75, 3.05) is 0 Å². The molecule has 2 aromatic carbocycles. The Kier molecular flexibility index (Phi) is 4.05. The number of Topliss-reactive ketones (excluding diaryl/α,β-unsaturated/α-hetero) is 2. The van der Waals surface area contributed by atoms with E-state index in [2.05, 4.69) is 0 Å². The third-order valence-electron chi connectivity index (χ3n) is 3.87. The van der Waals surface area contributed by atoms with Gasteiger partial charge >= 0.3 is 0 Å². The molecule has 0 N–H and O–H groups in total. The molecule has 0 unspecified atom stereocenters. The molecule has 2 aromatic rings. The largest absolute Gasteiger partial charge is 0.457 e. The average Bonchev–Trinajstić information content (AvgIpc) is 2.46. The van der Waals surface area contributed by atoms with Crippen molar-refractivity contribution in [3.05, 3.63) is 59.7 Å². The minimum atomic E-state index is -0.0215. The minimum Gasteiger partial charge on any atom is -0.457 e. The summed E-state index contributed by atoms with van der Waals surface area (Å²) in [4.78, 5) is 23.3. The normalized spacial score (nSPS) is 15.9. The van der Waals surface area contributed by atoms with Crippen LogP contribution in [0.15, 0.2) is 48.5 Å². The smallest absolute Gasteiger partial charge is 0.140 e. The summed E-state index contributed by atoms with van der Waals surface area (Å²) in [7, 11) is 0. The van der Waals surface area contributed by atoms with Gasteiger partial charge in [0, 0.05) is 12.8 Å². The number of rotatable bonds is 3. The van der Waals surface area contributed by atoms with Gasteiger partial charge in [-0.25, -0.2) is 0 Å². The van der Waals surface area contributed by atoms with E-state index in [-0.39, 0.29) is 23.9 Å². The second-order valence-electron chi connectivity index (χ2n) is 5.85. The van der Waals surface area contributed by atoms with E-state index in [9.17, 15) is 9.59 Å². The summed E-state index contributed by atoms with van der Waals surface area (Å²) in [5.41, 5.74) is 2.07. The van der Waals surface area contributed by atoms with Gasteiger partial charge in [-0.05, 0) is 48.2 Å². The third kappa shape index (κ3) is 3.42. The fourth-order valence-corrected chi connectivity index (χ4v) is 2.92. The SMILES string of the molecule is Cc1cc(Oc2ccccc2)cc(C2CC(=O)CC(=O)C2)c1. The topological polar surface area (TPSA) is 43.4 Å². The highest BCUT2D eigenvalue weighted by molar-refractivity contribution is 6.02.